The molecule has 2 heterocycles. The molecular formula is C19H22ClN3O2. The first kappa shape index (κ1) is 17.7. The van der Waals surface area contributed by atoms with Gasteiger partial charge in [-0.05, 0) is 43.0 Å². The minimum atomic E-state index is -0.124. The molecule has 3 rings (SSSR count). The molecule has 1 saturated heterocycles. The SMILES string of the molecule is O=C(NCC1CCCO1)c1cncc(NCCc2cccc(Cl)c2)c1. The van der Waals surface area contributed by atoms with Crippen LogP contribution in [-0.2, 0) is 11.2 Å². The van der Waals surface area contributed by atoms with Crippen LogP contribution in [0.4, 0.5) is 5.69 Å². The van der Waals surface area contributed by atoms with Crippen molar-refractivity contribution < 1.29 is 9.53 Å². The van der Waals surface area contributed by atoms with Gasteiger partial charge in [-0.1, -0.05) is 23.7 Å². The number of hydrogen-bond acceptors (Lipinski definition) is 4. The van der Waals surface area contributed by atoms with Crippen LogP contribution in [0.5, 0.6) is 0 Å². The zero-order valence-electron chi connectivity index (χ0n) is 14.0. The van der Waals surface area contributed by atoms with Crippen molar-refractivity contribution >= 4 is 23.2 Å². The summed E-state index contributed by atoms with van der Waals surface area (Å²) in [6.45, 7) is 2.07. The molecule has 2 aromatic rings. The summed E-state index contributed by atoms with van der Waals surface area (Å²) in [6, 6.07) is 9.62. The largest absolute Gasteiger partial charge is 0.383 e. The number of halogens is 1. The third kappa shape index (κ3) is 5.44. The highest BCUT2D eigenvalue weighted by molar-refractivity contribution is 6.30. The Hall–Kier alpha value is -2.11. The second kappa shape index (κ2) is 8.83. The van der Waals surface area contributed by atoms with Crippen LogP contribution in [0.15, 0.2) is 42.7 Å². The fourth-order valence-corrected chi connectivity index (χ4v) is 3.03. The number of amides is 1. The van der Waals surface area contributed by atoms with Crippen molar-refractivity contribution in [1.82, 2.24) is 10.3 Å². The lowest BCUT2D eigenvalue weighted by Crippen LogP contribution is -2.31. The van der Waals surface area contributed by atoms with Crippen LogP contribution < -0.4 is 10.6 Å². The number of nitrogens with zero attached hydrogens (tertiary/aromatic N) is 1. The van der Waals surface area contributed by atoms with Gasteiger partial charge in [-0.2, -0.15) is 0 Å². The molecule has 1 amide bonds. The zero-order valence-corrected chi connectivity index (χ0v) is 14.8. The zero-order chi connectivity index (χ0) is 17.5. The van der Waals surface area contributed by atoms with Crippen molar-refractivity contribution in [3.05, 3.63) is 58.9 Å². The fraction of sp³-hybridized carbons (Fsp3) is 0.368. The maximum absolute atomic E-state index is 12.2. The Bertz CT molecular complexity index is 717. The Morgan fingerprint density at radius 1 is 1.32 bits per heavy atom. The number of anilines is 1. The van der Waals surface area contributed by atoms with E-state index in [1.807, 2.05) is 30.3 Å². The van der Waals surface area contributed by atoms with Gasteiger partial charge in [0, 0.05) is 37.1 Å². The molecule has 1 unspecified atom stereocenters. The maximum Gasteiger partial charge on any atom is 0.253 e. The second-order valence-corrected chi connectivity index (χ2v) is 6.55. The molecule has 1 atom stereocenters. The number of rotatable bonds is 7. The monoisotopic (exact) mass is 359 g/mol. The van der Waals surface area contributed by atoms with Gasteiger partial charge in [0.1, 0.15) is 0 Å². The quantitative estimate of drug-likeness (QED) is 0.796. The van der Waals surface area contributed by atoms with E-state index in [2.05, 4.69) is 15.6 Å². The molecule has 6 heteroatoms. The second-order valence-electron chi connectivity index (χ2n) is 6.11. The lowest BCUT2D eigenvalue weighted by atomic mass is 10.1. The van der Waals surface area contributed by atoms with E-state index in [-0.39, 0.29) is 12.0 Å². The van der Waals surface area contributed by atoms with Crippen LogP contribution in [0.1, 0.15) is 28.8 Å². The van der Waals surface area contributed by atoms with Gasteiger partial charge in [-0.25, -0.2) is 0 Å². The number of benzene rings is 1. The number of nitrogens with one attached hydrogen (secondary N) is 2. The lowest BCUT2D eigenvalue weighted by Gasteiger charge is -2.11. The summed E-state index contributed by atoms with van der Waals surface area (Å²) in [5.74, 6) is -0.124. The molecule has 132 valence electrons. The van der Waals surface area contributed by atoms with E-state index in [0.717, 1.165) is 43.1 Å². The topological polar surface area (TPSA) is 63.2 Å². The molecule has 1 fully saturated rings. The Labute approximate surface area is 152 Å². The molecule has 0 radical (unpaired) electrons. The van der Waals surface area contributed by atoms with Gasteiger partial charge in [0.25, 0.3) is 5.91 Å². The van der Waals surface area contributed by atoms with Crippen molar-refractivity contribution in [3.63, 3.8) is 0 Å². The summed E-state index contributed by atoms with van der Waals surface area (Å²) in [5, 5.41) is 6.94. The van der Waals surface area contributed by atoms with Gasteiger partial charge in [-0.15, -0.1) is 0 Å². The van der Waals surface area contributed by atoms with Crippen molar-refractivity contribution in [3.8, 4) is 0 Å². The van der Waals surface area contributed by atoms with E-state index < -0.39 is 0 Å². The first-order valence-electron chi connectivity index (χ1n) is 8.54. The van der Waals surface area contributed by atoms with Gasteiger partial charge in [0.2, 0.25) is 0 Å². The van der Waals surface area contributed by atoms with Gasteiger partial charge in [0.05, 0.1) is 17.4 Å². The molecule has 5 nitrogen and oxygen atoms in total. The van der Waals surface area contributed by atoms with Crippen molar-refractivity contribution in [2.45, 2.75) is 25.4 Å². The summed E-state index contributed by atoms with van der Waals surface area (Å²) >= 11 is 5.99. The van der Waals surface area contributed by atoms with Crippen LogP contribution >= 0.6 is 11.6 Å². The minimum absolute atomic E-state index is 0.124. The normalized spacial score (nSPS) is 16.6. The third-order valence-corrected chi connectivity index (χ3v) is 4.38. The molecule has 2 N–H and O–H groups in total. The number of pyridine rings is 1. The Balaban J connectivity index is 1.49. The van der Waals surface area contributed by atoms with Gasteiger partial charge in [0.15, 0.2) is 0 Å². The van der Waals surface area contributed by atoms with E-state index in [0.29, 0.717) is 12.1 Å². The molecule has 1 aromatic carbocycles. The molecule has 0 bridgehead atoms. The van der Waals surface area contributed by atoms with Crippen molar-refractivity contribution in [2.24, 2.45) is 0 Å². The Morgan fingerprint density at radius 2 is 2.24 bits per heavy atom. The van der Waals surface area contributed by atoms with Crippen LogP contribution in [0.2, 0.25) is 5.02 Å². The van der Waals surface area contributed by atoms with Crippen molar-refractivity contribution in [1.29, 1.82) is 0 Å². The van der Waals surface area contributed by atoms with E-state index >= 15 is 0 Å². The molecule has 1 aliphatic rings. The number of carbonyl (C=O) groups excluding carboxylic acids is 1. The predicted octanol–water partition coefficient (Wildman–Crippen LogP) is 3.30. The average molecular weight is 360 g/mol. The smallest absolute Gasteiger partial charge is 0.253 e. The molecule has 1 aliphatic heterocycles. The van der Waals surface area contributed by atoms with Gasteiger partial charge >= 0.3 is 0 Å². The number of ether oxygens (including phenoxy) is 1. The Kier molecular flexibility index (Phi) is 6.25. The third-order valence-electron chi connectivity index (χ3n) is 4.15. The lowest BCUT2D eigenvalue weighted by molar-refractivity contribution is 0.0857. The van der Waals surface area contributed by atoms with E-state index in [1.165, 1.54) is 5.56 Å². The minimum Gasteiger partial charge on any atom is -0.383 e. The van der Waals surface area contributed by atoms with E-state index in [9.17, 15) is 4.79 Å². The summed E-state index contributed by atoms with van der Waals surface area (Å²) in [4.78, 5) is 16.4. The molecule has 0 aliphatic carbocycles. The molecule has 0 spiro atoms. The Morgan fingerprint density at radius 3 is 3.04 bits per heavy atom. The van der Waals surface area contributed by atoms with Crippen LogP contribution in [0.25, 0.3) is 0 Å². The molecule has 0 saturated carbocycles. The maximum atomic E-state index is 12.2. The average Bonchev–Trinajstić information content (AvgIpc) is 3.14. The number of aromatic nitrogens is 1. The summed E-state index contributed by atoms with van der Waals surface area (Å²) in [6.07, 6.45) is 6.34. The number of carbonyl (C=O) groups is 1. The van der Waals surface area contributed by atoms with E-state index in [1.54, 1.807) is 12.4 Å². The standard InChI is InChI=1S/C19H22ClN3O2/c20-16-4-1-3-14(9-16)6-7-22-17-10-15(11-21-12-17)19(24)23-13-18-5-2-8-25-18/h1,3-4,9-12,18,22H,2,5-8,13H2,(H,23,24). The molecule has 25 heavy (non-hydrogen) atoms. The highest BCUT2D eigenvalue weighted by Crippen LogP contribution is 2.13. The highest BCUT2D eigenvalue weighted by Gasteiger charge is 2.16. The number of hydrogen-bond donors (Lipinski definition) is 2. The van der Waals surface area contributed by atoms with E-state index in [4.69, 9.17) is 16.3 Å². The van der Waals surface area contributed by atoms with Gasteiger partial charge < -0.3 is 15.4 Å². The van der Waals surface area contributed by atoms with Crippen LogP contribution in [0, 0.1) is 0 Å². The van der Waals surface area contributed by atoms with Crippen molar-refractivity contribution in [2.75, 3.05) is 25.0 Å². The predicted molar refractivity (Wildman–Crippen MR) is 99.2 cm³/mol. The first-order valence-corrected chi connectivity index (χ1v) is 8.92. The van der Waals surface area contributed by atoms with Crippen LogP contribution in [-0.4, -0.2) is 36.7 Å². The summed E-state index contributed by atoms with van der Waals surface area (Å²) in [7, 11) is 0. The fourth-order valence-electron chi connectivity index (χ4n) is 2.82. The molecule has 1 aromatic heterocycles. The summed E-state index contributed by atoms with van der Waals surface area (Å²) in [5.41, 5.74) is 2.54. The van der Waals surface area contributed by atoms with Gasteiger partial charge in [-0.3, -0.25) is 9.78 Å². The van der Waals surface area contributed by atoms with Crippen LogP contribution in [0.3, 0.4) is 0 Å². The molecular weight excluding hydrogens is 338 g/mol. The highest BCUT2D eigenvalue weighted by atomic mass is 35.5. The summed E-state index contributed by atoms with van der Waals surface area (Å²) < 4.78 is 5.51. The first-order chi connectivity index (χ1) is 12.2.